The molecule has 0 saturated heterocycles. The van der Waals surface area contributed by atoms with Crippen molar-refractivity contribution in [3.05, 3.63) is 42.5 Å². The molecule has 0 spiro atoms. The van der Waals surface area contributed by atoms with Crippen LogP contribution in [-0.4, -0.2) is 46.1 Å². The summed E-state index contributed by atoms with van der Waals surface area (Å²) in [6, 6.07) is 0.894. The second-order valence-electron chi connectivity index (χ2n) is 5.81. The molecule has 1 aromatic rings. The summed E-state index contributed by atoms with van der Waals surface area (Å²) in [5.41, 5.74) is -3.00. The van der Waals surface area contributed by atoms with Crippen LogP contribution in [0.1, 0.15) is 39.5 Å². The second kappa shape index (κ2) is 14.2. The molecule has 1 rings (SSSR count). The summed E-state index contributed by atoms with van der Waals surface area (Å²) >= 11 is 0. The van der Waals surface area contributed by atoms with Crippen LogP contribution in [0.3, 0.4) is 0 Å². The molecule has 12 nitrogen and oxygen atoms in total. The first-order valence-electron chi connectivity index (χ1n) is 8.97. The Balaban J connectivity index is 0.000000546. The first-order valence-corrected chi connectivity index (χ1v) is 8.97. The van der Waals surface area contributed by atoms with E-state index in [1.54, 1.807) is 0 Å². The number of unbranched alkanes of at least 4 members (excludes halogenated alkanes) is 2. The summed E-state index contributed by atoms with van der Waals surface area (Å²) in [6.07, 6.45) is 5.18. The number of hydrogen-bond donors (Lipinski definition) is 3. The van der Waals surface area contributed by atoms with Crippen molar-refractivity contribution >= 4 is 17.1 Å². The quantitative estimate of drug-likeness (QED) is 0.270. The van der Waals surface area contributed by atoms with Crippen molar-refractivity contribution in [2.75, 3.05) is 26.2 Å². The zero-order chi connectivity index (χ0) is 21.5. The van der Waals surface area contributed by atoms with E-state index in [2.05, 4.69) is 24.5 Å². The Hall–Kier alpha value is -2.86. The standard InChI is InChI=1S/C10H24N2.C6H3N3O7/c1-3-5-7-11-9-10-12-8-6-4-2;10-6-4(8(13)14)1-3(7(11)12)2-5(6)9(15)16/h11-12H,3-10H2,1-2H3;1-2,10H. The molecule has 1 aromatic carbocycles. The minimum Gasteiger partial charge on any atom is -0.497 e. The highest BCUT2D eigenvalue weighted by Gasteiger charge is 2.30. The molecule has 0 saturated carbocycles. The maximum atomic E-state index is 10.4. The van der Waals surface area contributed by atoms with Gasteiger partial charge >= 0.3 is 11.4 Å². The third kappa shape index (κ3) is 9.73. The average molecular weight is 401 g/mol. The molecule has 28 heavy (non-hydrogen) atoms. The highest BCUT2D eigenvalue weighted by molar-refractivity contribution is 5.64. The number of nitro benzene ring substituents is 3. The molecule has 0 aliphatic rings. The Labute approximate surface area is 162 Å². The molecule has 0 bridgehead atoms. The van der Waals surface area contributed by atoms with Crippen LogP contribution in [0.4, 0.5) is 17.1 Å². The normalized spacial score (nSPS) is 10.1. The number of non-ortho nitro benzene ring substituents is 1. The Morgan fingerprint density at radius 2 is 1.18 bits per heavy atom. The number of rotatable bonds is 12. The van der Waals surface area contributed by atoms with Gasteiger partial charge in [0.15, 0.2) is 0 Å². The molecule has 0 heterocycles. The van der Waals surface area contributed by atoms with Crippen LogP contribution in [0.5, 0.6) is 5.75 Å². The molecule has 12 heteroatoms. The fourth-order valence-electron chi connectivity index (χ4n) is 2.00. The van der Waals surface area contributed by atoms with Crippen molar-refractivity contribution < 1.29 is 19.9 Å². The smallest absolute Gasteiger partial charge is 0.324 e. The number of benzene rings is 1. The second-order valence-corrected chi connectivity index (χ2v) is 5.81. The Bertz CT molecular complexity index is 609. The summed E-state index contributed by atoms with van der Waals surface area (Å²) in [7, 11) is 0. The van der Waals surface area contributed by atoms with Gasteiger partial charge in [0.05, 0.1) is 26.9 Å². The SMILES string of the molecule is CCCCNCCNCCCC.O=[N+]([O-])c1cc([N+](=O)[O-])c(O)c([N+](=O)[O-])c1. The van der Waals surface area contributed by atoms with Crippen molar-refractivity contribution in [3.63, 3.8) is 0 Å². The van der Waals surface area contributed by atoms with Crippen LogP contribution in [-0.2, 0) is 0 Å². The maximum Gasteiger partial charge on any atom is 0.324 e. The van der Waals surface area contributed by atoms with E-state index in [0.717, 1.165) is 13.1 Å². The van der Waals surface area contributed by atoms with Gasteiger partial charge in [-0.1, -0.05) is 26.7 Å². The Morgan fingerprint density at radius 3 is 1.46 bits per heavy atom. The molecule has 0 unspecified atom stereocenters. The highest BCUT2D eigenvalue weighted by atomic mass is 16.6. The Kier molecular flexibility index (Phi) is 12.8. The van der Waals surface area contributed by atoms with Crippen molar-refractivity contribution in [2.45, 2.75) is 39.5 Å². The zero-order valence-corrected chi connectivity index (χ0v) is 16.0. The molecular formula is C16H27N5O7. The van der Waals surface area contributed by atoms with E-state index in [1.807, 2.05) is 0 Å². The van der Waals surface area contributed by atoms with E-state index >= 15 is 0 Å². The number of nitro groups is 3. The lowest BCUT2D eigenvalue weighted by Crippen LogP contribution is -2.28. The van der Waals surface area contributed by atoms with Gasteiger partial charge in [0.25, 0.3) is 11.4 Å². The van der Waals surface area contributed by atoms with E-state index in [-0.39, 0.29) is 0 Å². The third-order valence-electron chi connectivity index (χ3n) is 3.55. The van der Waals surface area contributed by atoms with Gasteiger partial charge in [-0.05, 0) is 25.9 Å². The number of aromatic hydroxyl groups is 1. The predicted octanol–water partition coefficient (Wildman–Crippen LogP) is 2.88. The number of phenols is 1. The molecule has 0 radical (unpaired) electrons. The van der Waals surface area contributed by atoms with Crippen LogP contribution < -0.4 is 10.6 Å². The van der Waals surface area contributed by atoms with Crippen LogP contribution in [0.2, 0.25) is 0 Å². The number of nitrogens with one attached hydrogen (secondary N) is 2. The van der Waals surface area contributed by atoms with Gasteiger partial charge in [-0.2, -0.15) is 0 Å². The first-order chi connectivity index (χ1) is 13.3. The summed E-state index contributed by atoms with van der Waals surface area (Å²) in [6.45, 7) is 9.02. The molecule has 0 amide bonds. The monoisotopic (exact) mass is 401 g/mol. The Morgan fingerprint density at radius 1 is 0.786 bits per heavy atom. The van der Waals surface area contributed by atoms with Crippen molar-refractivity contribution in [1.82, 2.24) is 10.6 Å². The lowest BCUT2D eigenvalue weighted by molar-refractivity contribution is -0.404. The van der Waals surface area contributed by atoms with Gasteiger partial charge in [-0.25, -0.2) is 0 Å². The summed E-state index contributed by atoms with van der Waals surface area (Å²) in [4.78, 5) is 27.8. The zero-order valence-electron chi connectivity index (χ0n) is 16.0. The fraction of sp³-hybridized carbons (Fsp3) is 0.625. The average Bonchev–Trinajstić information content (AvgIpc) is 2.64. The van der Waals surface area contributed by atoms with Crippen LogP contribution in [0, 0.1) is 30.3 Å². The maximum absolute atomic E-state index is 10.4. The van der Waals surface area contributed by atoms with E-state index in [9.17, 15) is 30.3 Å². The number of nitrogens with zero attached hydrogens (tertiary/aromatic N) is 3. The van der Waals surface area contributed by atoms with Gasteiger partial charge in [0.2, 0.25) is 0 Å². The lowest BCUT2D eigenvalue weighted by atomic mass is 10.2. The summed E-state index contributed by atoms with van der Waals surface area (Å²) in [5.74, 6) is -1.21. The molecule has 0 atom stereocenters. The third-order valence-corrected chi connectivity index (χ3v) is 3.55. The minimum atomic E-state index is -1.21. The molecule has 0 aliphatic carbocycles. The lowest BCUT2D eigenvalue weighted by Gasteiger charge is -2.04. The summed E-state index contributed by atoms with van der Waals surface area (Å²) in [5, 5.41) is 47.0. The van der Waals surface area contributed by atoms with Gasteiger partial charge < -0.3 is 15.7 Å². The van der Waals surface area contributed by atoms with Gasteiger partial charge in [0.1, 0.15) is 0 Å². The minimum absolute atomic E-state index is 0.447. The van der Waals surface area contributed by atoms with Crippen molar-refractivity contribution in [1.29, 1.82) is 0 Å². The van der Waals surface area contributed by atoms with Crippen LogP contribution in [0.15, 0.2) is 12.1 Å². The van der Waals surface area contributed by atoms with E-state index in [0.29, 0.717) is 12.1 Å². The van der Waals surface area contributed by atoms with Crippen molar-refractivity contribution in [2.24, 2.45) is 0 Å². The van der Waals surface area contributed by atoms with Gasteiger partial charge in [-0.15, -0.1) is 0 Å². The molecular weight excluding hydrogens is 374 g/mol. The van der Waals surface area contributed by atoms with E-state index in [4.69, 9.17) is 5.11 Å². The topological polar surface area (TPSA) is 174 Å². The summed E-state index contributed by atoms with van der Waals surface area (Å²) < 4.78 is 0. The van der Waals surface area contributed by atoms with Gasteiger partial charge in [0, 0.05) is 13.1 Å². The van der Waals surface area contributed by atoms with E-state index in [1.165, 1.54) is 38.8 Å². The fourth-order valence-corrected chi connectivity index (χ4v) is 2.00. The number of phenolic OH excluding ortho intramolecular Hbond substituents is 1. The molecule has 3 N–H and O–H groups in total. The van der Waals surface area contributed by atoms with Crippen LogP contribution >= 0.6 is 0 Å². The van der Waals surface area contributed by atoms with Gasteiger partial charge in [-0.3, -0.25) is 30.3 Å². The molecule has 0 aromatic heterocycles. The molecule has 0 aliphatic heterocycles. The van der Waals surface area contributed by atoms with E-state index < -0.39 is 37.6 Å². The highest BCUT2D eigenvalue weighted by Crippen LogP contribution is 2.38. The molecule has 0 fully saturated rings. The van der Waals surface area contributed by atoms with Crippen LogP contribution in [0.25, 0.3) is 0 Å². The first kappa shape index (κ1) is 25.1. The molecule has 158 valence electrons. The predicted molar refractivity (Wildman–Crippen MR) is 104 cm³/mol. The number of hydrogen-bond acceptors (Lipinski definition) is 9. The van der Waals surface area contributed by atoms with Crippen molar-refractivity contribution in [3.8, 4) is 5.75 Å². The largest absolute Gasteiger partial charge is 0.497 e.